The first-order valence-electron chi connectivity index (χ1n) is 3.52. The molecule has 0 bridgehead atoms. The highest BCUT2D eigenvalue weighted by Gasteiger charge is 2.02. The van der Waals surface area contributed by atoms with Gasteiger partial charge in [-0.25, -0.2) is 5.84 Å². The van der Waals surface area contributed by atoms with Crippen LogP contribution in [-0.4, -0.2) is 13.8 Å². The number of nitrogens with one attached hydrogen (secondary N) is 1. The highest BCUT2D eigenvalue weighted by molar-refractivity contribution is 6.33. The van der Waals surface area contributed by atoms with Crippen LogP contribution < -0.4 is 16.7 Å². The highest BCUT2D eigenvalue weighted by atomic mass is 16.2. The molecule has 3 nitrogen and oxygen atoms in total. The molecule has 12 heavy (non-hydrogen) atoms. The average molecular weight is 160 g/mol. The Morgan fingerprint density at radius 3 is 2.75 bits per heavy atom. The third-order valence-electron chi connectivity index (χ3n) is 1.67. The summed E-state index contributed by atoms with van der Waals surface area (Å²) in [5.41, 5.74) is 4.05. The number of hydrazine groups is 1. The Morgan fingerprint density at radius 1 is 1.58 bits per heavy atom. The first kappa shape index (κ1) is 8.81. The van der Waals surface area contributed by atoms with Crippen LogP contribution in [-0.2, 0) is 0 Å². The summed E-state index contributed by atoms with van der Waals surface area (Å²) in [4.78, 5) is 11.0. The predicted octanol–water partition coefficient (Wildman–Crippen LogP) is -0.608. The van der Waals surface area contributed by atoms with Crippen LogP contribution in [0, 0.1) is 6.92 Å². The van der Waals surface area contributed by atoms with Crippen molar-refractivity contribution >= 4 is 19.2 Å². The molecule has 0 aliphatic heterocycles. The molecule has 0 aromatic heterocycles. The minimum absolute atomic E-state index is 0.332. The first-order chi connectivity index (χ1) is 5.65. The Kier molecular flexibility index (Phi) is 2.50. The number of nitrogens with two attached hydrogens (primary N) is 1. The van der Waals surface area contributed by atoms with E-state index >= 15 is 0 Å². The van der Waals surface area contributed by atoms with E-state index in [1.165, 1.54) is 0 Å². The average Bonchev–Trinajstić information content (AvgIpc) is 2.08. The van der Waals surface area contributed by atoms with Crippen molar-refractivity contribution in [3.05, 3.63) is 29.3 Å². The van der Waals surface area contributed by atoms with Gasteiger partial charge < -0.3 is 0 Å². The van der Waals surface area contributed by atoms with Crippen LogP contribution in [0.3, 0.4) is 0 Å². The van der Waals surface area contributed by atoms with Crippen molar-refractivity contribution < 1.29 is 4.79 Å². The summed E-state index contributed by atoms with van der Waals surface area (Å²) in [7, 11) is 5.59. The molecule has 1 amide bonds. The van der Waals surface area contributed by atoms with E-state index in [1.807, 2.05) is 12.3 Å². The standard InChI is InChI=1S/C8H9BN2O/c1-5-2-3-6(4-7(5)9)8(12)11-10/h2-4H,10H2,1H3,(H,11,12). The van der Waals surface area contributed by atoms with Gasteiger partial charge in [0.15, 0.2) is 0 Å². The molecule has 0 aliphatic rings. The van der Waals surface area contributed by atoms with Gasteiger partial charge in [0.1, 0.15) is 7.85 Å². The van der Waals surface area contributed by atoms with Crippen molar-refractivity contribution in [3.63, 3.8) is 0 Å². The molecule has 4 heteroatoms. The second kappa shape index (κ2) is 3.41. The molecule has 60 valence electrons. The van der Waals surface area contributed by atoms with Crippen molar-refractivity contribution in [3.8, 4) is 0 Å². The smallest absolute Gasteiger partial charge is 0.265 e. The number of benzene rings is 1. The van der Waals surface area contributed by atoms with Crippen molar-refractivity contribution in [1.29, 1.82) is 0 Å². The molecule has 0 heterocycles. The van der Waals surface area contributed by atoms with E-state index in [-0.39, 0.29) is 5.91 Å². The Labute approximate surface area is 72.3 Å². The number of carbonyl (C=O) groups is 1. The van der Waals surface area contributed by atoms with Gasteiger partial charge in [-0.2, -0.15) is 0 Å². The maximum Gasteiger partial charge on any atom is 0.265 e. The van der Waals surface area contributed by atoms with Gasteiger partial charge in [-0.3, -0.25) is 10.2 Å². The number of rotatable bonds is 1. The highest BCUT2D eigenvalue weighted by Crippen LogP contribution is 1.99. The Balaban J connectivity index is 3.05. The molecule has 1 aromatic rings. The number of aryl methyl sites for hydroxylation is 1. The molecule has 0 spiro atoms. The van der Waals surface area contributed by atoms with Crippen molar-refractivity contribution in [2.24, 2.45) is 5.84 Å². The second-order valence-electron chi connectivity index (χ2n) is 2.54. The van der Waals surface area contributed by atoms with Crippen molar-refractivity contribution in [2.75, 3.05) is 0 Å². The quantitative estimate of drug-likeness (QED) is 0.249. The molecule has 1 aromatic carbocycles. The van der Waals surface area contributed by atoms with E-state index in [0.717, 1.165) is 5.56 Å². The Bertz CT molecular complexity index is 312. The van der Waals surface area contributed by atoms with Gasteiger partial charge >= 0.3 is 0 Å². The van der Waals surface area contributed by atoms with Crippen LogP contribution in [0.5, 0.6) is 0 Å². The summed E-state index contributed by atoms with van der Waals surface area (Å²) in [5.74, 6) is 4.62. The van der Waals surface area contributed by atoms with Crippen LogP contribution in [0.1, 0.15) is 15.9 Å². The largest absolute Gasteiger partial charge is 0.290 e. The number of carbonyl (C=O) groups excluding carboxylic acids is 1. The second-order valence-corrected chi connectivity index (χ2v) is 2.54. The fourth-order valence-corrected chi connectivity index (χ4v) is 0.865. The van der Waals surface area contributed by atoms with Crippen molar-refractivity contribution in [1.82, 2.24) is 5.43 Å². The van der Waals surface area contributed by atoms with E-state index in [1.54, 1.807) is 18.2 Å². The van der Waals surface area contributed by atoms with Crippen LogP contribution >= 0.6 is 0 Å². The summed E-state index contributed by atoms with van der Waals surface area (Å²) >= 11 is 0. The summed E-state index contributed by atoms with van der Waals surface area (Å²) < 4.78 is 0. The summed E-state index contributed by atoms with van der Waals surface area (Å²) in [6, 6.07) is 5.05. The minimum Gasteiger partial charge on any atom is -0.290 e. The fraction of sp³-hybridized carbons (Fsp3) is 0.125. The van der Waals surface area contributed by atoms with E-state index in [4.69, 9.17) is 13.7 Å². The number of hydrogen-bond acceptors (Lipinski definition) is 2. The third-order valence-corrected chi connectivity index (χ3v) is 1.67. The van der Waals surface area contributed by atoms with Crippen LogP contribution in [0.15, 0.2) is 18.2 Å². The van der Waals surface area contributed by atoms with Crippen LogP contribution in [0.4, 0.5) is 0 Å². The molecule has 1 rings (SSSR count). The molecule has 0 saturated carbocycles. The third kappa shape index (κ3) is 1.65. The molecule has 0 fully saturated rings. The summed E-state index contributed by atoms with van der Waals surface area (Å²) in [6.07, 6.45) is 0. The van der Waals surface area contributed by atoms with Gasteiger partial charge in [0.2, 0.25) is 0 Å². The van der Waals surface area contributed by atoms with Gasteiger partial charge in [0.05, 0.1) is 0 Å². The zero-order valence-corrected chi connectivity index (χ0v) is 6.79. The number of nitrogen functional groups attached to an aromatic ring is 1. The molecule has 0 unspecified atom stereocenters. The number of amides is 1. The molecule has 0 atom stereocenters. The normalized spacial score (nSPS) is 9.50. The van der Waals surface area contributed by atoms with Crippen LogP contribution in [0.25, 0.3) is 0 Å². The molecular weight excluding hydrogens is 151 g/mol. The lowest BCUT2D eigenvalue weighted by atomic mass is 9.89. The summed E-state index contributed by atoms with van der Waals surface area (Å²) in [5, 5.41) is 0. The van der Waals surface area contributed by atoms with Gasteiger partial charge in [0, 0.05) is 5.56 Å². The van der Waals surface area contributed by atoms with E-state index in [9.17, 15) is 4.79 Å². The maximum absolute atomic E-state index is 11.0. The maximum atomic E-state index is 11.0. The minimum atomic E-state index is -0.332. The van der Waals surface area contributed by atoms with Crippen molar-refractivity contribution in [2.45, 2.75) is 6.92 Å². The number of hydrogen-bond donors (Lipinski definition) is 2. The van der Waals surface area contributed by atoms with E-state index < -0.39 is 0 Å². The van der Waals surface area contributed by atoms with E-state index in [2.05, 4.69) is 0 Å². The molecule has 0 saturated heterocycles. The molecular formula is C8H9BN2O. The lowest BCUT2D eigenvalue weighted by molar-refractivity contribution is 0.0953. The first-order valence-corrected chi connectivity index (χ1v) is 3.52. The topological polar surface area (TPSA) is 55.1 Å². The fourth-order valence-electron chi connectivity index (χ4n) is 0.865. The van der Waals surface area contributed by atoms with Crippen LogP contribution in [0.2, 0.25) is 0 Å². The lowest BCUT2D eigenvalue weighted by Gasteiger charge is -2.03. The summed E-state index contributed by atoms with van der Waals surface area (Å²) in [6.45, 7) is 1.87. The Hall–Kier alpha value is -1.29. The predicted molar refractivity (Wildman–Crippen MR) is 48.2 cm³/mol. The van der Waals surface area contributed by atoms with Gasteiger partial charge in [-0.05, 0) is 13.0 Å². The van der Waals surface area contributed by atoms with E-state index in [0.29, 0.717) is 11.0 Å². The SMILES string of the molecule is [B]c1cc(C(=O)NN)ccc1C. The van der Waals surface area contributed by atoms with Gasteiger partial charge in [-0.1, -0.05) is 23.2 Å². The van der Waals surface area contributed by atoms with Gasteiger partial charge in [0.25, 0.3) is 5.91 Å². The molecule has 3 N–H and O–H groups in total. The monoisotopic (exact) mass is 160 g/mol. The van der Waals surface area contributed by atoms with Gasteiger partial charge in [-0.15, -0.1) is 0 Å². The zero-order chi connectivity index (χ0) is 9.14. The lowest BCUT2D eigenvalue weighted by Crippen LogP contribution is -2.30. The molecule has 2 radical (unpaired) electrons. The Morgan fingerprint density at radius 2 is 2.25 bits per heavy atom. The zero-order valence-electron chi connectivity index (χ0n) is 6.79. The molecule has 0 aliphatic carbocycles.